The lowest BCUT2D eigenvalue weighted by atomic mass is 10.0. The van der Waals surface area contributed by atoms with E-state index < -0.39 is 0 Å². The molecule has 7 heteroatoms. The molecule has 7 rings (SSSR count). The number of benzene rings is 4. The van der Waals surface area contributed by atoms with Gasteiger partial charge in [0.25, 0.3) is 5.56 Å². The fourth-order valence-corrected chi connectivity index (χ4v) is 6.22. The number of aromatic amines is 2. The molecule has 0 aliphatic carbocycles. The average Bonchev–Trinajstić information content (AvgIpc) is 3.39. The Labute approximate surface area is 249 Å². The van der Waals surface area contributed by atoms with Gasteiger partial charge in [0.15, 0.2) is 0 Å². The molecule has 0 bridgehead atoms. The molecule has 4 aromatic carbocycles. The number of imidazole rings is 1. The Kier molecular flexibility index (Phi) is 7.31. The van der Waals surface area contributed by atoms with Crippen LogP contribution in [0.3, 0.4) is 0 Å². The average molecular weight is 568 g/mol. The lowest BCUT2D eigenvalue weighted by molar-refractivity contribution is 0.180. The molecule has 0 atom stereocenters. The van der Waals surface area contributed by atoms with Gasteiger partial charge in [-0.3, -0.25) is 14.3 Å². The first-order chi connectivity index (χ1) is 21.1. The van der Waals surface area contributed by atoms with Crippen molar-refractivity contribution in [1.29, 1.82) is 0 Å². The molecule has 0 radical (unpaired) electrons. The van der Waals surface area contributed by atoms with Gasteiger partial charge in [-0.25, -0.2) is 9.78 Å². The van der Waals surface area contributed by atoms with E-state index in [1.165, 1.54) is 5.56 Å². The van der Waals surface area contributed by atoms with Crippen LogP contribution in [0.2, 0.25) is 0 Å². The van der Waals surface area contributed by atoms with Gasteiger partial charge < -0.3 is 9.97 Å². The molecule has 1 aliphatic rings. The Morgan fingerprint density at radius 1 is 0.698 bits per heavy atom. The van der Waals surface area contributed by atoms with Gasteiger partial charge in [-0.15, -0.1) is 0 Å². The molecular weight excluding hydrogens is 534 g/mol. The van der Waals surface area contributed by atoms with Crippen LogP contribution in [-0.2, 0) is 13.0 Å². The van der Waals surface area contributed by atoms with E-state index in [0.717, 1.165) is 71.6 Å². The Hall–Kier alpha value is -5.01. The summed E-state index contributed by atoms with van der Waals surface area (Å²) in [5.41, 5.74) is 7.86. The van der Waals surface area contributed by atoms with Gasteiger partial charge in [0, 0.05) is 43.2 Å². The summed E-state index contributed by atoms with van der Waals surface area (Å²) in [5.74, 6) is 0. The molecule has 0 amide bonds. The van der Waals surface area contributed by atoms with E-state index in [2.05, 4.69) is 39.1 Å². The second-order valence-electron chi connectivity index (χ2n) is 11.3. The Bertz CT molecular complexity index is 1970. The standard InChI is InChI=1S/C36H33N5O2/c42-35-31(23-25-9-3-1-4-10-25)37-33(34(39-35)27-11-5-2-6-12-27)28-17-15-26(16-18-28)24-40-21-19-29(20-22-40)41-32-14-8-7-13-30(32)38-36(41)43/h1-18,29H,19-24H2,(H,38,43)(H,39,42). The number of piperidine rings is 1. The summed E-state index contributed by atoms with van der Waals surface area (Å²) in [7, 11) is 0. The van der Waals surface area contributed by atoms with Gasteiger partial charge in [-0.2, -0.15) is 0 Å². The van der Waals surface area contributed by atoms with Crippen LogP contribution in [0.4, 0.5) is 0 Å². The zero-order valence-corrected chi connectivity index (χ0v) is 23.9. The third kappa shape index (κ3) is 5.59. The van der Waals surface area contributed by atoms with Crippen molar-refractivity contribution >= 4 is 11.0 Å². The Morgan fingerprint density at radius 3 is 2.12 bits per heavy atom. The molecule has 2 aromatic heterocycles. The van der Waals surface area contributed by atoms with Crippen molar-refractivity contribution in [3.8, 4) is 22.5 Å². The van der Waals surface area contributed by atoms with Gasteiger partial charge in [0.1, 0.15) is 5.69 Å². The zero-order chi connectivity index (χ0) is 29.2. The number of nitrogens with one attached hydrogen (secondary N) is 2. The van der Waals surface area contributed by atoms with Crippen LogP contribution in [0.5, 0.6) is 0 Å². The molecule has 0 spiro atoms. The normalized spacial score (nSPS) is 14.3. The molecule has 214 valence electrons. The van der Waals surface area contributed by atoms with Crippen LogP contribution < -0.4 is 11.2 Å². The number of nitrogens with zero attached hydrogens (tertiary/aromatic N) is 3. The molecular formula is C36H33N5O2. The molecule has 1 saturated heterocycles. The highest BCUT2D eigenvalue weighted by molar-refractivity contribution is 5.78. The van der Waals surface area contributed by atoms with E-state index in [0.29, 0.717) is 12.1 Å². The van der Waals surface area contributed by atoms with Gasteiger partial charge >= 0.3 is 5.69 Å². The number of hydrogen-bond acceptors (Lipinski definition) is 4. The monoisotopic (exact) mass is 567 g/mol. The van der Waals surface area contributed by atoms with Crippen molar-refractivity contribution in [1.82, 2.24) is 24.4 Å². The topological polar surface area (TPSA) is 86.8 Å². The molecule has 3 heterocycles. The molecule has 0 saturated carbocycles. The molecule has 1 fully saturated rings. The van der Waals surface area contributed by atoms with Gasteiger partial charge in [0.2, 0.25) is 0 Å². The van der Waals surface area contributed by atoms with Crippen molar-refractivity contribution in [2.45, 2.75) is 31.8 Å². The number of hydrogen-bond donors (Lipinski definition) is 2. The summed E-state index contributed by atoms with van der Waals surface area (Å²) >= 11 is 0. The minimum Gasteiger partial charge on any atom is -0.318 e. The van der Waals surface area contributed by atoms with E-state index in [1.54, 1.807) is 0 Å². The molecule has 6 aromatic rings. The number of rotatable bonds is 7. The minimum atomic E-state index is -0.165. The second kappa shape index (κ2) is 11.7. The van der Waals surface area contributed by atoms with Gasteiger partial charge in [-0.1, -0.05) is 97.1 Å². The number of fused-ring (bicyclic) bond motifs is 1. The third-order valence-corrected chi connectivity index (χ3v) is 8.44. The smallest absolute Gasteiger partial charge is 0.318 e. The maximum atomic E-state index is 13.1. The second-order valence-corrected chi connectivity index (χ2v) is 11.3. The summed E-state index contributed by atoms with van der Waals surface area (Å²) in [6.45, 7) is 2.71. The van der Waals surface area contributed by atoms with Crippen molar-refractivity contribution in [3.05, 3.63) is 147 Å². The molecule has 2 N–H and O–H groups in total. The lowest BCUT2D eigenvalue weighted by Gasteiger charge is -2.32. The van der Waals surface area contributed by atoms with E-state index in [-0.39, 0.29) is 17.3 Å². The third-order valence-electron chi connectivity index (χ3n) is 8.44. The molecule has 43 heavy (non-hydrogen) atoms. The molecule has 0 unspecified atom stereocenters. The predicted molar refractivity (Wildman–Crippen MR) is 171 cm³/mol. The summed E-state index contributed by atoms with van der Waals surface area (Å²) in [6, 6.07) is 36.5. The number of para-hydroxylation sites is 2. The molecule has 7 nitrogen and oxygen atoms in total. The van der Waals surface area contributed by atoms with Crippen LogP contribution in [0, 0.1) is 0 Å². The fraction of sp³-hybridized carbons (Fsp3) is 0.194. The van der Waals surface area contributed by atoms with Crippen molar-refractivity contribution in [3.63, 3.8) is 0 Å². The lowest BCUT2D eigenvalue weighted by Crippen LogP contribution is -2.36. The summed E-state index contributed by atoms with van der Waals surface area (Å²) < 4.78 is 1.94. The van der Waals surface area contributed by atoms with Gasteiger partial charge in [-0.05, 0) is 36.1 Å². The van der Waals surface area contributed by atoms with Crippen molar-refractivity contribution < 1.29 is 0 Å². The minimum absolute atomic E-state index is 0.0205. The van der Waals surface area contributed by atoms with E-state index in [1.807, 2.05) is 89.5 Å². The number of aromatic nitrogens is 4. The van der Waals surface area contributed by atoms with Crippen molar-refractivity contribution in [2.24, 2.45) is 0 Å². The number of likely N-dealkylation sites (tertiary alicyclic amines) is 1. The molecule has 1 aliphatic heterocycles. The maximum Gasteiger partial charge on any atom is 0.326 e. The summed E-state index contributed by atoms with van der Waals surface area (Å²) in [4.78, 5) is 39.3. The SMILES string of the molecule is O=c1[nH]c(-c2ccccc2)c(-c2ccc(CN3CCC(n4c(=O)[nH]c5ccccc54)CC3)cc2)nc1Cc1ccccc1. The highest BCUT2D eigenvalue weighted by atomic mass is 16.1. The Morgan fingerprint density at radius 2 is 1.37 bits per heavy atom. The van der Waals surface area contributed by atoms with Gasteiger partial charge in [0.05, 0.1) is 22.4 Å². The van der Waals surface area contributed by atoms with Crippen LogP contribution in [0.25, 0.3) is 33.5 Å². The first-order valence-corrected chi connectivity index (χ1v) is 14.9. The first kappa shape index (κ1) is 26.9. The maximum absolute atomic E-state index is 13.1. The van der Waals surface area contributed by atoms with Crippen LogP contribution >= 0.6 is 0 Å². The highest BCUT2D eigenvalue weighted by Crippen LogP contribution is 2.30. The largest absolute Gasteiger partial charge is 0.326 e. The fourth-order valence-electron chi connectivity index (χ4n) is 6.22. The van der Waals surface area contributed by atoms with Crippen LogP contribution in [0.15, 0.2) is 119 Å². The highest BCUT2D eigenvalue weighted by Gasteiger charge is 2.24. The summed E-state index contributed by atoms with van der Waals surface area (Å²) in [6.07, 6.45) is 2.34. The zero-order valence-electron chi connectivity index (χ0n) is 23.9. The summed E-state index contributed by atoms with van der Waals surface area (Å²) in [5, 5.41) is 0. The Balaban J connectivity index is 1.10. The van der Waals surface area contributed by atoms with E-state index >= 15 is 0 Å². The van der Waals surface area contributed by atoms with Crippen LogP contribution in [0.1, 0.15) is 35.7 Å². The first-order valence-electron chi connectivity index (χ1n) is 14.9. The van der Waals surface area contributed by atoms with Crippen LogP contribution in [-0.4, -0.2) is 37.5 Å². The van der Waals surface area contributed by atoms with E-state index in [9.17, 15) is 9.59 Å². The number of H-pyrrole nitrogens is 2. The van der Waals surface area contributed by atoms with Crippen molar-refractivity contribution in [2.75, 3.05) is 13.1 Å². The van der Waals surface area contributed by atoms with E-state index in [4.69, 9.17) is 4.98 Å². The predicted octanol–water partition coefficient (Wildman–Crippen LogP) is 6.17. The quantitative estimate of drug-likeness (QED) is 0.241.